The van der Waals surface area contributed by atoms with Crippen molar-refractivity contribution in [1.29, 1.82) is 0 Å². The van der Waals surface area contributed by atoms with E-state index in [0.717, 1.165) is 5.69 Å². The molecule has 4 nitrogen and oxygen atoms in total. The highest BCUT2D eigenvalue weighted by atomic mass is 16.1. The number of benzene rings is 1. The van der Waals surface area contributed by atoms with Gasteiger partial charge in [-0.25, -0.2) is 0 Å². The lowest BCUT2D eigenvalue weighted by molar-refractivity contribution is 0.0963. The summed E-state index contributed by atoms with van der Waals surface area (Å²) in [4.78, 5) is 13.8. The molecule has 0 spiro atoms. The second-order valence-corrected chi connectivity index (χ2v) is 4.90. The van der Waals surface area contributed by atoms with Crippen molar-refractivity contribution in [3.8, 4) is 0 Å². The summed E-state index contributed by atoms with van der Waals surface area (Å²) in [7, 11) is 3.71. The number of anilines is 2. The topological polar surface area (TPSA) is 58.4 Å². The van der Waals surface area contributed by atoms with Crippen LogP contribution in [0.2, 0.25) is 0 Å². The van der Waals surface area contributed by atoms with E-state index in [4.69, 9.17) is 5.73 Å². The van der Waals surface area contributed by atoms with Crippen LogP contribution in [0, 0.1) is 0 Å². The minimum absolute atomic E-state index is 0.100. The van der Waals surface area contributed by atoms with Gasteiger partial charge in [-0.05, 0) is 31.0 Å². The fraction of sp³-hybridized carbons (Fsp3) is 0.500. The van der Waals surface area contributed by atoms with E-state index in [9.17, 15) is 4.79 Å². The van der Waals surface area contributed by atoms with E-state index in [-0.39, 0.29) is 5.91 Å². The molecular weight excluding hydrogens is 226 g/mol. The first-order chi connectivity index (χ1) is 8.63. The van der Waals surface area contributed by atoms with Gasteiger partial charge >= 0.3 is 0 Å². The van der Waals surface area contributed by atoms with Crippen LogP contribution < -0.4 is 16.0 Å². The summed E-state index contributed by atoms with van der Waals surface area (Å²) in [5.41, 5.74) is 8.37. The number of carbonyl (C=O) groups excluding carboxylic acids is 1. The first kappa shape index (κ1) is 12.7. The third kappa shape index (κ3) is 2.42. The lowest BCUT2D eigenvalue weighted by Gasteiger charge is -2.28. The molecule has 18 heavy (non-hydrogen) atoms. The minimum atomic E-state index is -0.100. The number of nitrogen functional groups attached to an aromatic ring is 1. The number of nitrogens with zero attached hydrogens (tertiary/aromatic N) is 1. The average molecular weight is 247 g/mol. The van der Waals surface area contributed by atoms with Crippen LogP contribution in [0.3, 0.4) is 0 Å². The molecule has 98 valence electrons. The van der Waals surface area contributed by atoms with E-state index in [0.29, 0.717) is 17.3 Å². The first-order valence-electron chi connectivity index (χ1n) is 6.48. The Morgan fingerprint density at radius 1 is 1.39 bits per heavy atom. The van der Waals surface area contributed by atoms with Crippen LogP contribution in [0.15, 0.2) is 18.2 Å². The van der Waals surface area contributed by atoms with Gasteiger partial charge < -0.3 is 16.0 Å². The average Bonchev–Trinajstić information content (AvgIpc) is 2.90. The van der Waals surface area contributed by atoms with E-state index in [2.05, 4.69) is 17.3 Å². The molecule has 0 saturated heterocycles. The predicted octanol–water partition coefficient (Wildman–Crippen LogP) is 2.01. The van der Waals surface area contributed by atoms with Crippen molar-refractivity contribution in [1.82, 2.24) is 5.32 Å². The van der Waals surface area contributed by atoms with Gasteiger partial charge in [-0.2, -0.15) is 0 Å². The molecule has 1 aromatic rings. The number of hydrogen-bond acceptors (Lipinski definition) is 3. The molecule has 0 radical (unpaired) electrons. The fourth-order valence-electron chi connectivity index (χ4n) is 2.65. The number of rotatable bonds is 3. The Balaban J connectivity index is 2.21. The summed E-state index contributed by atoms with van der Waals surface area (Å²) in [5, 5.41) is 2.60. The number of nitrogens with one attached hydrogen (secondary N) is 1. The van der Waals surface area contributed by atoms with Crippen LogP contribution in [0.4, 0.5) is 11.4 Å². The molecule has 1 fully saturated rings. The molecule has 1 aliphatic rings. The fourth-order valence-corrected chi connectivity index (χ4v) is 2.65. The molecule has 1 saturated carbocycles. The van der Waals surface area contributed by atoms with Gasteiger partial charge in [-0.3, -0.25) is 4.79 Å². The smallest absolute Gasteiger partial charge is 0.251 e. The van der Waals surface area contributed by atoms with Gasteiger partial charge in [-0.15, -0.1) is 0 Å². The Bertz CT molecular complexity index is 439. The predicted molar refractivity (Wildman–Crippen MR) is 74.9 cm³/mol. The van der Waals surface area contributed by atoms with E-state index in [1.54, 1.807) is 13.1 Å². The van der Waals surface area contributed by atoms with Crippen LogP contribution in [-0.2, 0) is 0 Å². The second-order valence-electron chi connectivity index (χ2n) is 4.90. The molecule has 0 bridgehead atoms. The van der Waals surface area contributed by atoms with Crippen molar-refractivity contribution in [2.24, 2.45) is 0 Å². The van der Waals surface area contributed by atoms with Crippen molar-refractivity contribution in [3.05, 3.63) is 23.8 Å². The quantitative estimate of drug-likeness (QED) is 0.803. The molecule has 4 heteroatoms. The molecule has 0 aromatic heterocycles. The summed E-state index contributed by atoms with van der Waals surface area (Å²) < 4.78 is 0. The van der Waals surface area contributed by atoms with E-state index in [1.165, 1.54) is 25.7 Å². The molecular formula is C14H21N3O. The van der Waals surface area contributed by atoms with Crippen molar-refractivity contribution >= 4 is 17.3 Å². The van der Waals surface area contributed by atoms with Gasteiger partial charge in [-0.1, -0.05) is 12.8 Å². The summed E-state index contributed by atoms with van der Waals surface area (Å²) in [5.74, 6) is -0.100. The molecule has 1 aromatic carbocycles. The SMILES string of the molecule is CNC(=O)c1ccc(N(C)C2CCCC2)c(N)c1. The van der Waals surface area contributed by atoms with Crippen molar-refractivity contribution in [3.63, 3.8) is 0 Å². The van der Waals surface area contributed by atoms with Crippen molar-refractivity contribution < 1.29 is 4.79 Å². The highest BCUT2D eigenvalue weighted by molar-refractivity contribution is 5.96. The Labute approximate surface area is 108 Å². The van der Waals surface area contributed by atoms with E-state index < -0.39 is 0 Å². The Kier molecular flexibility index (Phi) is 3.75. The first-order valence-corrected chi connectivity index (χ1v) is 6.48. The molecule has 1 aliphatic carbocycles. The van der Waals surface area contributed by atoms with Crippen LogP contribution in [0.1, 0.15) is 36.0 Å². The van der Waals surface area contributed by atoms with Gasteiger partial charge in [0.2, 0.25) is 0 Å². The molecule has 0 aliphatic heterocycles. The maximum atomic E-state index is 11.5. The molecule has 0 atom stereocenters. The summed E-state index contributed by atoms with van der Waals surface area (Å²) in [6, 6.07) is 6.10. The number of carbonyl (C=O) groups is 1. The highest BCUT2D eigenvalue weighted by Gasteiger charge is 2.21. The van der Waals surface area contributed by atoms with Gasteiger partial charge in [0.1, 0.15) is 0 Å². The van der Waals surface area contributed by atoms with Crippen LogP contribution in [0.25, 0.3) is 0 Å². The number of nitrogens with two attached hydrogens (primary N) is 1. The van der Waals surface area contributed by atoms with Crippen LogP contribution >= 0.6 is 0 Å². The largest absolute Gasteiger partial charge is 0.397 e. The monoisotopic (exact) mass is 247 g/mol. The van der Waals surface area contributed by atoms with Crippen molar-refractivity contribution in [2.45, 2.75) is 31.7 Å². The third-order valence-electron chi connectivity index (χ3n) is 3.77. The summed E-state index contributed by atoms with van der Waals surface area (Å²) in [6.45, 7) is 0. The zero-order valence-electron chi connectivity index (χ0n) is 11.1. The Hall–Kier alpha value is -1.71. The van der Waals surface area contributed by atoms with Crippen LogP contribution in [-0.4, -0.2) is 26.0 Å². The summed E-state index contributed by atoms with van der Waals surface area (Å²) >= 11 is 0. The molecule has 3 N–H and O–H groups in total. The van der Waals surface area contributed by atoms with Crippen LogP contribution in [0.5, 0.6) is 0 Å². The lowest BCUT2D eigenvalue weighted by atomic mass is 10.1. The van der Waals surface area contributed by atoms with Gasteiger partial charge in [0, 0.05) is 25.7 Å². The minimum Gasteiger partial charge on any atom is -0.397 e. The summed E-state index contributed by atoms with van der Waals surface area (Å²) in [6.07, 6.45) is 5.05. The lowest BCUT2D eigenvalue weighted by Crippen LogP contribution is -2.29. The van der Waals surface area contributed by atoms with Gasteiger partial charge in [0.15, 0.2) is 0 Å². The highest BCUT2D eigenvalue weighted by Crippen LogP contribution is 2.30. The molecule has 1 amide bonds. The Morgan fingerprint density at radius 3 is 2.61 bits per heavy atom. The van der Waals surface area contributed by atoms with E-state index >= 15 is 0 Å². The normalized spacial score (nSPS) is 15.7. The molecule has 2 rings (SSSR count). The van der Waals surface area contributed by atoms with Crippen molar-refractivity contribution in [2.75, 3.05) is 24.7 Å². The second kappa shape index (κ2) is 5.29. The maximum Gasteiger partial charge on any atom is 0.251 e. The molecule has 0 heterocycles. The van der Waals surface area contributed by atoms with Gasteiger partial charge in [0.25, 0.3) is 5.91 Å². The third-order valence-corrected chi connectivity index (χ3v) is 3.77. The zero-order chi connectivity index (χ0) is 13.1. The van der Waals surface area contributed by atoms with Gasteiger partial charge in [0.05, 0.1) is 11.4 Å². The number of amides is 1. The standard InChI is InChI=1S/C14H21N3O/c1-16-14(18)10-7-8-13(12(15)9-10)17(2)11-5-3-4-6-11/h7-9,11H,3-6,15H2,1-2H3,(H,16,18). The Morgan fingerprint density at radius 2 is 2.06 bits per heavy atom. The number of hydrogen-bond donors (Lipinski definition) is 2. The molecule has 0 unspecified atom stereocenters. The zero-order valence-corrected chi connectivity index (χ0v) is 11.1. The maximum absolute atomic E-state index is 11.5. The van der Waals surface area contributed by atoms with E-state index in [1.807, 2.05) is 12.1 Å².